The summed E-state index contributed by atoms with van der Waals surface area (Å²) in [5, 5.41) is 71.3. The lowest BCUT2D eigenvalue weighted by Crippen LogP contribution is -2.61. The molecule has 2 heterocycles. The van der Waals surface area contributed by atoms with Crippen molar-refractivity contribution in [3.63, 3.8) is 0 Å². The first-order chi connectivity index (χ1) is 16.7. The second kappa shape index (κ2) is 12.2. The van der Waals surface area contributed by atoms with E-state index < -0.39 is 61.4 Å². The van der Waals surface area contributed by atoms with Gasteiger partial charge in [0.1, 0.15) is 42.7 Å². The molecule has 0 bridgehead atoms. The van der Waals surface area contributed by atoms with Crippen LogP contribution >= 0.6 is 0 Å². The van der Waals surface area contributed by atoms with Crippen LogP contribution in [-0.4, -0.2) is 116 Å². The van der Waals surface area contributed by atoms with Crippen LogP contribution in [0.25, 0.3) is 0 Å². The van der Waals surface area contributed by atoms with E-state index in [1.165, 1.54) is 6.92 Å². The van der Waals surface area contributed by atoms with Gasteiger partial charge in [-0.2, -0.15) is 0 Å². The highest BCUT2D eigenvalue weighted by atomic mass is 16.7. The van der Waals surface area contributed by atoms with Crippen molar-refractivity contribution in [2.24, 2.45) is 17.3 Å². The second-order valence-corrected chi connectivity index (χ2v) is 11.7. The average Bonchev–Trinajstić information content (AvgIpc) is 2.78. The number of aliphatic hydroxyl groups is 7. The van der Waals surface area contributed by atoms with Gasteiger partial charge in [-0.3, -0.25) is 0 Å². The van der Waals surface area contributed by atoms with Gasteiger partial charge in [0.05, 0.1) is 24.9 Å². The van der Waals surface area contributed by atoms with Gasteiger partial charge < -0.3 is 54.7 Å². The van der Waals surface area contributed by atoms with Gasteiger partial charge in [-0.05, 0) is 56.8 Å². The molecular formula is C25H46O11. The van der Waals surface area contributed by atoms with E-state index in [1.54, 1.807) is 0 Å². The Morgan fingerprint density at radius 1 is 0.833 bits per heavy atom. The van der Waals surface area contributed by atoms with Crippen LogP contribution in [0.15, 0.2) is 0 Å². The topological polar surface area (TPSA) is 179 Å². The highest BCUT2D eigenvalue weighted by Crippen LogP contribution is 2.46. The van der Waals surface area contributed by atoms with Crippen LogP contribution < -0.4 is 0 Å². The molecule has 2 aliphatic heterocycles. The fraction of sp³-hybridized carbons (Fsp3) is 1.00. The van der Waals surface area contributed by atoms with Crippen molar-refractivity contribution in [3.8, 4) is 0 Å². The van der Waals surface area contributed by atoms with Crippen molar-refractivity contribution in [2.75, 3.05) is 6.61 Å². The number of ether oxygens (including phenoxy) is 4. The summed E-state index contributed by atoms with van der Waals surface area (Å²) in [6.45, 7) is 9.55. The molecule has 0 aromatic carbocycles. The Morgan fingerprint density at radius 3 is 2.08 bits per heavy atom. The molecule has 0 aromatic rings. The van der Waals surface area contributed by atoms with Crippen LogP contribution in [-0.2, 0) is 18.9 Å². The standard InChI is InChI=1S/C25H46O11/c1-11-8-14(26)9-25(4,5)15(11)7-6-12(2)34-24-22(32)20(30)18(28)16(36-24)10-33-23-21(31)19(29)17(27)13(3)35-23/h11-24,26-32H,6-10H2,1-5H3/t11-,12-,13+,14+,15+,16-,17+,18-,19-,20+,21-,22-,23+,24+/m1/s1. The Balaban J connectivity index is 1.54. The molecule has 0 radical (unpaired) electrons. The number of hydrogen-bond acceptors (Lipinski definition) is 11. The summed E-state index contributed by atoms with van der Waals surface area (Å²) < 4.78 is 22.6. The smallest absolute Gasteiger partial charge is 0.186 e. The Bertz CT molecular complexity index is 693. The van der Waals surface area contributed by atoms with Crippen molar-refractivity contribution in [3.05, 3.63) is 0 Å². The van der Waals surface area contributed by atoms with Gasteiger partial charge in [0.2, 0.25) is 0 Å². The fourth-order valence-corrected chi connectivity index (χ4v) is 6.10. The predicted octanol–water partition coefficient (Wildman–Crippen LogP) is -0.743. The zero-order valence-electron chi connectivity index (χ0n) is 21.9. The first-order valence-electron chi connectivity index (χ1n) is 13.1. The Kier molecular flexibility index (Phi) is 10.2. The van der Waals surface area contributed by atoms with Gasteiger partial charge in [-0.25, -0.2) is 0 Å². The lowest BCUT2D eigenvalue weighted by Gasteiger charge is -2.46. The monoisotopic (exact) mass is 522 g/mol. The zero-order valence-corrected chi connectivity index (χ0v) is 21.9. The van der Waals surface area contributed by atoms with Crippen LogP contribution in [0.1, 0.15) is 60.3 Å². The van der Waals surface area contributed by atoms with E-state index in [4.69, 9.17) is 18.9 Å². The maximum absolute atomic E-state index is 10.4. The quantitative estimate of drug-likeness (QED) is 0.213. The molecule has 7 N–H and O–H groups in total. The van der Waals surface area contributed by atoms with E-state index in [-0.39, 0.29) is 24.2 Å². The summed E-state index contributed by atoms with van der Waals surface area (Å²) in [7, 11) is 0. The average molecular weight is 523 g/mol. The first-order valence-corrected chi connectivity index (χ1v) is 13.1. The van der Waals surface area contributed by atoms with Gasteiger partial charge in [-0.1, -0.05) is 20.8 Å². The summed E-state index contributed by atoms with van der Waals surface area (Å²) in [4.78, 5) is 0. The maximum atomic E-state index is 10.4. The van der Waals surface area contributed by atoms with Crippen LogP contribution in [0.3, 0.4) is 0 Å². The molecule has 0 aromatic heterocycles. The van der Waals surface area contributed by atoms with E-state index in [0.29, 0.717) is 18.3 Å². The van der Waals surface area contributed by atoms with Crippen molar-refractivity contribution >= 4 is 0 Å². The van der Waals surface area contributed by atoms with Crippen LogP contribution in [0.2, 0.25) is 0 Å². The lowest BCUT2D eigenvalue weighted by molar-refractivity contribution is -0.332. The number of hydrogen-bond donors (Lipinski definition) is 7. The van der Waals surface area contributed by atoms with Crippen molar-refractivity contribution in [1.29, 1.82) is 0 Å². The summed E-state index contributed by atoms with van der Waals surface area (Å²) >= 11 is 0. The van der Waals surface area contributed by atoms with Gasteiger partial charge >= 0.3 is 0 Å². The minimum absolute atomic E-state index is 0.00668. The molecule has 3 rings (SSSR count). The molecule has 11 heteroatoms. The fourth-order valence-electron chi connectivity index (χ4n) is 6.10. The summed E-state index contributed by atoms with van der Waals surface area (Å²) in [5.41, 5.74) is -0.00668. The molecule has 11 nitrogen and oxygen atoms in total. The molecule has 3 aliphatic rings. The van der Waals surface area contributed by atoms with Crippen molar-refractivity contribution in [2.45, 2.75) is 134 Å². The van der Waals surface area contributed by atoms with E-state index >= 15 is 0 Å². The summed E-state index contributed by atoms with van der Waals surface area (Å²) in [6, 6.07) is 0. The van der Waals surface area contributed by atoms with Gasteiger partial charge in [0.25, 0.3) is 0 Å². The first kappa shape index (κ1) is 30.1. The second-order valence-electron chi connectivity index (χ2n) is 11.7. The lowest BCUT2D eigenvalue weighted by atomic mass is 9.61. The number of aliphatic hydroxyl groups excluding tert-OH is 7. The Morgan fingerprint density at radius 2 is 1.44 bits per heavy atom. The van der Waals surface area contributed by atoms with Crippen LogP contribution in [0, 0.1) is 17.3 Å². The SMILES string of the molecule is C[C@H](CC[C@H]1[C@H](C)C[C@H](O)CC1(C)C)O[C@H]1O[C@H](CO[C@H]2O[C@@H](C)[C@H](O)[C@@H](O)[C@H]2O)[C@@H](O)[C@H](O)[C@H]1O. The van der Waals surface area contributed by atoms with Gasteiger partial charge in [-0.15, -0.1) is 0 Å². The van der Waals surface area contributed by atoms with E-state index in [9.17, 15) is 35.7 Å². The molecule has 3 fully saturated rings. The molecular weight excluding hydrogens is 476 g/mol. The molecule has 14 atom stereocenters. The van der Waals surface area contributed by atoms with E-state index in [1.807, 2.05) is 6.92 Å². The van der Waals surface area contributed by atoms with Crippen LogP contribution in [0.4, 0.5) is 0 Å². The van der Waals surface area contributed by atoms with Crippen LogP contribution in [0.5, 0.6) is 0 Å². The minimum Gasteiger partial charge on any atom is -0.393 e. The normalized spacial score (nSPS) is 48.5. The molecule has 0 spiro atoms. The Labute approximate surface area is 212 Å². The van der Waals surface area contributed by atoms with Crippen molar-refractivity contribution < 1.29 is 54.7 Å². The van der Waals surface area contributed by atoms with E-state index in [0.717, 1.165) is 19.3 Å². The summed E-state index contributed by atoms with van der Waals surface area (Å²) in [6.07, 6.45) is -10.7. The molecule has 0 amide bonds. The highest BCUT2D eigenvalue weighted by molar-refractivity contribution is 4.92. The third-order valence-electron chi connectivity index (χ3n) is 8.25. The third-order valence-corrected chi connectivity index (χ3v) is 8.25. The van der Waals surface area contributed by atoms with Gasteiger partial charge in [0, 0.05) is 0 Å². The molecule has 2 saturated heterocycles. The largest absolute Gasteiger partial charge is 0.393 e. The Hall–Kier alpha value is -0.440. The summed E-state index contributed by atoms with van der Waals surface area (Å²) in [5.74, 6) is 0.765. The molecule has 36 heavy (non-hydrogen) atoms. The molecule has 1 saturated carbocycles. The minimum atomic E-state index is -1.55. The number of rotatable bonds is 8. The van der Waals surface area contributed by atoms with Gasteiger partial charge in [0.15, 0.2) is 12.6 Å². The van der Waals surface area contributed by atoms with Crippen molar-refractivity contribution in [1.82, 2.24) is 0 Å². The highest BCUT2D eigenvalue weighted by Gasteiger charge is 2.47. The van der Waals surface area contributed by atoms with E-state index in [2.05, 4.69) is 20.8 Å². The zero-order chi connectivity index (χ0) is 26.9. The predicted molar refractivity (Wildman–Crippen MR) is 126 cm³/mol. The maximum Gasteiger partial charge on any atom is 0.186 e. The molecule has 212 valence electrons. The molecule has 1 aliphatic carbocycles. The third kappa shape index (κ3) is 6.76. The molecule has 0 unspecified atom stereocenters.